The van der Waals surface area contributed by atoms with Crippen LogP contribution in [0.1, 0.15) is 6.92 Å². The van der Waals surface area contributed by atoms with Crippen LogP contribution in [0.25, 0.3) is 0 Å². The van der Waals surface area contributed by atoms with Crippen LogP contribution in [0.15, 0.2) is 24.3 Å². The SMILES string of the molecule is CCOCCN(C)CC(=O)Nc1cccc(N)c1. The van der Waals surface area contributed by atoms with E-state index in [1.54, 1.807) is 12.1 Å². The van der Waals surface area contributed by atoms with E-state index in [2.05, 4.69) is 5.32 Å². The third-order valence-electron chi connectivity index (χ3n) is 2.41. The molecule has 0 saturated heterocycles. The molecule has 5 nitrogen and oxygen atoms in total. The molecular formula is C13H21N3O2. The monoisotopic (exact) mass is 251 g/mol. The summed E-state index contributed by atoms with van der Waals surface area (Å²) >= 11 is 0. The van der Waals surface area contributed by atoms with Crippen molar-refractivity contribution in [3.05, 3.63) is 24.3 Å². The lowest BCUT2D eigenvalue weighted by Crippen LogP contribution is -2.32. The highest BCUT2D eigenvalue weighted by molar-refractivity contribution is 5.92. The molecule has 0 radical (unpaired) electrons. The molecule has 100 valence electrons. The van der Waals surface area contributed by atoms with Gasteiger partial charge >= 0.3 is 0 Å². The molecule has 0 aromatic heterocycles. The molecule has 0 unspecified atom stereocenters. The zero-order valence-corrected chi connectivity index (χ0v) is 11.0. The lowest BCUT2D eigenvalue weighted by molar-refractivity contribution is -0.117. The smallest absolute Gasteiger partial charge is 0.238 e. The molecule has 18 heavy (non-hydrogen) atoms. The number of rotatable bonds is 7. The fourth-order valence-corrected chi connectivity index (χ4v) is 1.51. The van der Waals surface area contributed by atoms with Crippen LogP contribution in [0.4, 0.5) is 11.4 Å². The number of benzene rings is 1. The van der Waals surface area contributed by atoms with Gasteiger partial charge < -0.3 is 15.8 Å². The van der Waals surface area contributed by atoms with Gasteiger partial charge in [-0.1, -0.05) is 6.07 Å². The van der Waals surface area contributed by atoms with Gasteiger partial charge in [0, 0.05) is 24.5 Å². The quantitative estimate of drug-likeness (QED) is 0.564. The number of carbonyl (C=O) groups is 1. The lowest BCUT2D eigenvalue weighted by atomic mass is 10.3. The minimum absolute atomic E-state index is 0.0559. The van der Waals surface area contributed by atoms with Crippen LogP contribution in [-0.4, -0.2) is 44.2 Å². The van der Waals surface area contributed by atoms with E-state index in [1.807, 2.05) is 31.0 Å². The minimum atomic E-state index is -0.0559. The molecule has 0 heterocycles. The fourth-order valence-electron chi connectivity index (χ4n) is 1.51. The number of amides is 1. The maximum Gasteiger partial charge on any atom is 0.238 e. The van der Waals surface area contributed by atoms with Crippen LogP contribution >= 0.6 is 0 Å². The van der Waals surface area contributed by atoms with Crippen molar-refractivity contribution in [2.75, 3.05) is 44.4 Å². The Morgan fingerprint density at radius 1 is 1.50 bits per heavy atom. The predicted molar refractivity (Wildman–Crippen MR) is 73.5 cm³/mol. The summed E-state index contributed by atoms with van der Waals surface area (Å²) in [7, 11) is 1.89. The van der Waals surface area contributed by atoms with Crippen molar-refractivity contribution in [3.8, 4) is 0 Å². The summed E-state index contributed by atoms with van der Waals surface area (Å²) in [6.45, 7) is 4.36. The van der Waals surface area contributed by atoms with Gasteiger partial charge in [0.25, 0.3) is 0 Å². The van der Waals surface area contributed by atoms with Gasteiger partial charge in [-0.05, 0) is 32.2 Å². The van der Waals surface area contributed by atoms with Gasteiger partial charge in [0.2, 0.25) is 5.91 Å². The Hall–Kier alpha value is -1.59. The zero-order chi connectivity index (χ0) is 13.4. The Bertz CT molecular complexity index is 382. The topological polar surface area (TPSA) is 67.6 Å². The second-order valence-corrected chi connectivity index (χ2v) is 4.11. The lowest BCUT2D eigenvalue weighted by Gasteiger charge is -2.16. The van der Waals surface area contributed by atoms with Crippen molar-refractivity contribution in [1.82, 2.24) is 4.90 Å². The highest BCUT2D eigenvalue weighted by atomic mass is 16.5. The summed E-state index contributed by atoms with van der Waals surface area (Å²) in [5, 5.41) is 2.80. The highest BCUT2D eigenvalue weighted by Crippen LogP contribution is 2.11. The molecule has 0 aliphatic heterocycles. The number of hydrogen-bond donors (Lipinski definition) is 2. The standard InChI is InChI=1S/C13H21N3O2/c1-3-18-8-7-16(2)10-13(17)15-12-6-4-5-11(14)9-12/h4-6,9H,3,7-8,10,14H2,1-2H3,(H,15,17). The molecule has 3 N–H and O–H groups in total. The summed E-state index contributed by atoms with van der Waals surface area (Å²) in [6.07, 6.45) is 0. The molecule has 5 heteroatoms. The maximum atomic E-state index is 11.7. The first kappa shape index (κ1) is 14.5. The van der Waals surface area contributed by atoms with E-state index in [9.17, 15) is 4.79 Å². The maximum absolute atomic E-state index is 11.7. The Labute approximate surface area is 108 Å². The normalized spacial score (nSPS) is 10.6. The molecule has 0 spiro atoms. The Balaban J connectivity index is 2.32. The van der Waals surface area contributed by atoms with E-state index in [0.717, 1.165) is 12.2 Å². The number of nitrogen functional groups attached to an aromatic ring is 1. The van der Waals surface area contributed by atoms with E-state index in [4.69, 9.17) is 10.5 Å². The van der Waals surface area contributed by atoms with Crippen LogP contribution < -0.4 is 11.1 Å². The molecule has 0 atom stereocenters. The van der Waals surface area contributed by atoms with Crippen LogP contribution in [0, 0.1) is 0 Å². The number of ether oxygens (including phenoxy) is 1. The van der Waals surface area contributed by atoms with Gasteiger partial charge in [-0.15, -0.1) is 0 Å². The number of likely N-dealkylation sites (N-methyl/N-ethyl adjacent to an activating group) is 1. The zero-order valence-electron chi connectivity index (χ0n) is 11.0. The summed E-state index contributed by atoms with van der Waals surface area (Å²) in [5.41, 5.74) is 7.00. The largest absolute Gasteiger partial charge is 0.399 e. The third kappa shape index (κ3) is 5.65. The van der Waals surface area contributed by atoms with E-state index in [-0.39, 0.29) is 5.91 Å². The molecule has 1 aromatic rings. The molecule has 0 bridgehead atoms. The van der Waals surface area contributed by atoms with Crippen molar-refractivity contribution >= 4 is 17.3 Å². The third-order valence-corrected chi connectivity index (χ3v) is 2.41. The van der Waals surface area contributed by atoms with E-state index in [1.165, 1.54) is 0 Å². The average molecular weight is 251 g/mol. The van der Waals surface area contributed by atoms with Gasteiger partial charge in [-0.2, -0.15) is 0 Å². The molecule has 0 fully saturated rings. The molecule has 0 aliphatic rings. The Morgan fingerprint density at radius 3 is 2.94 bits per heavy atom. The van der Waals surface area contributed by atoms with Crippen molar-refractivity contribution in [1.29, 1.82) is 0 Å². The molecule has 0 aliphatic carbocycles. The van der Waals surface area contributed by atoms with Crippen LogP contribution in [0.5, 0.6) is 0 Å². The van der Waals surface area contributed by atoms with Crippen molar-refractivity contribution in [2.24, 2.45) is 0 Å². The van der Waals surface area contributed by atoms with Crippen molar-refractivity contribution in [2.45, 2.75) is 6.92 Å². The molecule has 0 saturated carbocycles. The molecular weight excluding hydrogens is 230 g/mol. The second-order valence-electron chi connectivity index (χ2n) is 4.11. The van der Waals surface area contributed by atoms with Gasteiger partial charge in [0.1, 0.15) is 0 Å². The summed E-state index contributed by atoms with van der Waals surface area (Å²) in [4.78, 5) is 13.6. The summed E-state index contributed by atoms with van der Waals surface area (Å²) in [5.74, 6) is -0.0559. The minimum Gasteiger partial charge on any atom is -0.399 e. The second kappa shape index (κ2) is 7.68. The summed E-state index contributed by atoms with van der Waals surface area (Å²) < 4.78 is 5.23. The number of nitrogens with one attached hydrogen (secondary N) is 1. The van der Waals surface area contributed by atoms with Crippen molar-refractivity contribution in [3.63, 3.8) is 0 Å². The van der Waals surface area contributed by atoms with Gasteiger partial charge in [-0.3, -0.25) is 9.69 Å². The molecule has 1 aromatic carbocycles. The van der Waals surface area contributed by atoms with Crippen LogP contribution in [0.2, 0.25) is 0 Å². The van der Waals surface area contributed by atoms with Crippen molar-refractivity contribution < 1.29 is 9.53 Å². The Morgan fingerprint density at radius 2 is 2.28 bits per heavy atom. The van der Waals surface area contributed by atoms with E-state index < -0.39 is 0 Å². The number of carbonyl (C=O) groups excluding carboxylic acids is 1. The number of nitrogens with zero attached hydrogens (tertiary/aromatic N) is 1. The van der Waals surface area contributed by atoms with Gasteiger partial charge in [0.05, 0.1) is 13.2 Å². The van der Waals surface area contributed by atoms with Crippen LogP contribution in [0.3, 0.4) is 0 Å². The van der Waals surface area contributed by atoms with Gasteiger partial charge in [0.15, 0.2) is 0 Å². The summed E-state index contributed by atoms with van der Waals surface area (Å²) in [6, 6.07) is 7.14. The number of hydrogen-bond acceptors (Lipinski definition) is 4. The number of nitrogens with two attached hydrogens (primary N) is 1. The van der Waals surface area contributed by atoms with Crippen LogP contribution in [-0.2, 0) is 9.53 Å². The average Bonchev–Trinajstić information content (AvgIpc) is 2.29. The highest BCUT2D eigenvalue weighted by Gasteiger charge is 2.06. The predicted octanol–water partition coefficient (Wildman–Crippen LogP) is 1.18. The fraction of sp³-hybridized carbons (Fsp3) is 0.462. The number of anilines is 2. The molecule has 1 amide bonds. The van der Waals surface area contributed by atoms with E-state index in [0.29, 0.717) is 25.4 Å². The first-order chi connectivity index (χ1) is 8.61. The molecule has 1 rings (SSSR count). The first-order valence-electron chi connectivity index (χ1n) is 6.03. The van der Waals surface area contributed by atoms with E-state index >= 15 is 0 Å². The Kier molecular flexibility index (Phi) is 6.18. The van der Waals surface area contributed by atoms with Gasteiger partial charge in [-0.25, -0.2) is 0 Å². The first-order valence-corrected chi connectivity index (χ1v) is 6.03.